The van der Waals surface area contributed by atoms with E-state index in [2.05, 4.69) is 5.32 Å². The minimum absolute atomic E-state index is 0.0280. The molecule has 2 heterocycles. The normalized spacial score (nSPS) is 13.6. The molecule has 0 aliphatic carbocycles. The van der Waals surface area contributed by atoms with Gasteiger partial charge in [-0.3, -0.25) is 19.3 Å². The van der Waals surface area contributed by atoms with E-state index >= 15 is 0 Å². The van der Waals surface area contributed by atoms with Crippen LogP contribution >= 0.6 is 11.3 Å². The largest absolute Gasteiger partial charge is 0.462 e. The Bertz CT molecular complexity index is 1150. The summed E-state index contributed by atoms with van der Waals surface area (Å²) in [4.78, 5) is 65.9. The maximum Gasteiger partial charge on any atom is 0.348 e. The van der Waals surface area contributed by atoms with E-state index in [4.69, 9.17) is 9.47 Å². The molecule has 0 saturated carbocycles. The highest BCUT2D eigenvalue weighted by molar-refractivity contribution is 7.18. The Labute approximate surface area is 207 Å². The topological polar surface area (TPSA) is 119 Å². The van der Waals surface area contributed by atoms with Crippen LogP contribution in [0.4, 0.5) is 5.00 Å². The summed E-state index contributed by atoms with van der Waals surface area (Å²) >= 11 is 0.889. The number of imide groups is 1. The lowest BCUT2D eigenvalue weighted by atomic mass is 10.0. The van der Waals surface area contributed by atoms with E-state index in [1.54, 1.807) is 45.0 Å². The molecule has 35 heavy (non-hydrogen) atoms. The average Bonchev–Trinajstić information content (AvgIpc) is 3.26. The first-order chi connectivity index (χ1) is 16.6. The number of fused-ring (bicyclic) bond motifs is 1. The molecule has 1 aromatic carbocycles. The predicted octanol–water partition coefficient (Wildman–Crippen LogP) is 4.06. The Morgan fingerprint density at radius 1 is 0.971 bits per heavy atom. The van der Waals surface area contributed by atoms with Crippen molar-refractivity contribution in [2.45, 2.75) is 47.1 Å². The van der Waals surface area contributed by atoms with E-state index < -0.39 is 35.7 Å². The molecule has 2 aromatic rings. The summed E-state index contributed by atoms with van der Waals surface area (Å²) in [7, 11) is 0. The molecule has 0 fully saturated rings. The maximum absolute atomic E-state index is 13.5. The fourth-order valence-electron chi connectivity index (χ4n) is 3.90. The Kier molecular flexibility index (Phi) is 8.06. The molecular formula is C25H28N2O7S. The van der Waals surface area contributed by atoms with Gasteiger partial charge in [0.15, 0.2) is 0 Å². The van der Waals surface area contributed by atoms with Crippen LogP contribution in [0.25, 0.3) is 0 Å². The van der Waals surface area contributed by atoms with Gasteiger partial charge in [0.25, 0.3) is 11.8 Å². The minimum Gasteiger partial charge on any atom is -0.462 e. The lowest BCUT2D eigenvalue weighted by molar-refractivity contribution is -0.120. The van der Waals surface area contributed by atoms with Crippen molar-refractivity contribution in [3.05, 3.63) is 51.4 Å². The van der Waals surface area contributed by atoms with Crippen LogP contribution in [0, 0.1) is 12.8 Å². The number of amides is 3. The lowest BCUT2D eigenvalue weighted by Crippen LogP contribution is -2.48. The first-order valence-corrected chi connectivity index (χ1v) is 12.2. The SMILES string of the molecule is CCOC(=O)c1sc(NC(=O)C(CC(C)C)N2C(=O)c3ccccc3C2=O)c(C(=O)OCC)c1C. The summed E-state index contributed by atoms with van der Waals surface area (Å²) in [6.45, 7) is 8.86. The molecule has 0 bridgehead atoms. The highest BCUT2D eigenvalue weighted by atomic mass is 32.1. The molecule has 0 spiro atoms. The summed E-state index contributed by atoms with van der Waals surface area (Å²) in [6.07, 6.45) is 0.209. The summed E-state index contributed by atoms with van der Waals surface area (Å²) < 4.78 is 10.2. The molecule has 186 valence electrons. The molecule has 1 unspecified atom stereocenters. The van der Waals surface area contributed by atoms with Gasteiger partial charge >= 0.3 is 11.9 Å². The molecule has 1 aliphatic heterocycles. The van der Waals surface area contributed by atoms with Gasteiger partial charge in [-0.15, -0.1) is 11.3 Å². The Balaban J connectivity index is 2.00. The molecule has 1 aliphatic rings. The third kappa shape index (κ3) is 5.12. The number of hydrogen-bond acceptors (Lipinski definition) is 8. The van der Waals surface area contributed by atoms with E-state index in [-0.39, 0.29) is 52.1 Å². The number of hydrogen-bond donors (Lipinski definition) is 1. The van der Waals surface area contributed by atoms with E-state index in [1.165, 1.54) is 0 Å². The molecule has 0 radical (unpaired) electrons. The van der Waals surface area contributed by atoms with Crippen LogP contribution in [0.15, 0.2) is 24.3 Å². The monoisotopic (exact) mass is 500 g/mol. The standard InChI is InChI=1S/C25H28N2O7S/c1-6-33-24(31)18-14(5)19(25(32)34-7-2)35-21(18)26-20(28)17(12-13(3)4)27-22(29)15-10-8-9-11-16(15)23(27)30/h8-11,13,17H,6-7,12H2,1-5H3,(H,26,28). The fourth-order valence-corrected chi connectivity index (χ4v) is 5.00. The molecule has 3 rings (SSSR count). The number of thiophene rings is 1. The van der Waals surface area contributed by atoms with Crippen molar-refractivity contribution in [3.8, 4) is 0 Å². The molecule has 0 saturated heterocycles. The van der Waals surface area contributed by atoms with Crippen LogP contribution in [-0.2, 0) is 14.3 Å². The van der Waals surface area contributed by atoms with Gasteiger partial charge in [-0.05, 0) is 50.8 Å². The molecule has 1 N–H and O–H groups in total. The van der Waals surface area contributed by atoms with Gasteiger partial charge in [0.2, 0.25) is 5.91 Å². The Hall–Kier alpha value is -3.53. The number of nitrogens with one attached hydrogen (secondary N) is 1. The number of ether oxygens (including phenoxy) is 2. The number of benzene rings is 1. The second kappa shape index (κ2) is 10.8. The predicted molar refractivity (Wildman–Crippen MR) is 130 cm³/mol. The number of esters is 2. The van der Waals surface area contributed by atoms with Gasteiger partial charge in [-0.25, -0.2) is 9.59 Å². The molecule has 1 aromatic heterocycles. The van der Waals surface area contributed by atoms with Gasteiger partial charge < -0.3 is 14.8 Å². The van der Waals surface area contributed by atoms with Crippen molar-refractivity contribution >= 4 is 46.0 Å². The van der Waals surface area contributed by atoms with Crippen molar-refractivity contribution in [1.82, 2.24) is 4.90 Å². The highest BCUT2D eigenvalue weighted by Crippen LogP contribution is 2.35. The summed E-state index contributed by atoms with van der Waals surface area (Å²) in [6, 6.07) is 5.29. The molecule has 1 atom stereocenters. The number of carbonyl (C=O) groups excluding carboxylic acids is 5. The van der Waals surface area contributed by atoms with Gasteiger partial charge in [0.05, 0.1) is 29.9 Å². The lowest BCUT2D eigenvalue weighted by Gasteiger charge is -2.26. The summed E-state index contributed by atoms with van der Waals surface area (Å²) in [5.74, 6) is -3.10. The third-order valence-electron chi connectivity index (χ3n) is 5.46. The number of anilines is 1. The maximum atomic E-state index is 13.5. The van der Waals surface area contributed by atoms with Crippen LogP contribution in [0.5, 0.6) is 0 Å². The molecule has 3 amide bonds. The van der Waals surface area contributed by atoms with Crippen LogP contribution in [0.2, 0.25) is 0 Å². The van der Waals surface area contributed by atoms with Gasteiger partial charge in [0.1, 0.15) is 15.9 Å². The van der Waals surface area contributed by atoms with E-state index in [0.717, 1.165) is 16.2 Å². The summed E-state index contributed by atoms with van der Waals surface area (Å²) in [5.41, 5.74) is 0.841. The van der Waals surface area contributed by atoms with Crippen LogP contribution in [0.3, 0.4) is 0 Å². The van der Waals surface area contributed by atoms with Crippen molar-refractivity contribution < 1.29 is 33.4 Å². The van der Waals surface area contributed by atoms with E-state index in [1.807, 2.05) is 13.8 Å². The van der Waals surface area contributed by atoms with Crippen molar-refractivity contribution in [2.24, 2.45) is 5.92 Å². The van der Waals surface area contributed by atoms with Gasteiger partial charge in [-0.1, -0.05) is 26.0 Å². The van der Waals surface area contributed by atoms with E-state index in [0.29, 0.717) is 5.56 Å². The second-order valence-corrected chi connectivity index (χ2v) is 9.38. The molecule has 10 heteroatoms. The zero-order valence-electron chi connectivity index (χ0n) is 20.3. The zero-order valence-corrected chi connectivity index (χ0v) is 21.1. The van der Waals surface area contributed by atoms with Crippen molar-refractivity contribution in [3.63, 3.8) is 0 Å². The van der Waals surface area contributed by atoms with Crippen molar-refractivity contribution in [2.75, 3.05) is 18.5 Å². The zero-order chi connectivity index (χ0) is 25.9. The Morgan fingerprint density at radius 2 is 1.51 bits per heavy atom. The highest BCUT2D eigenvalue weighted by Gasteiger charge is 2.43. The van der Waals surface area contributed by atoms with Crippen LogP contribution in [-0.4, -0.2) is 53.8 Å². The molecule has 9 nitrogen and oxygen atoms in total. The second-order valence-electron chi connectivity index (χ2n) is 8.36. The number of carbonyl (C=O) groups is 5. The third-order valence-corrected chi connectivity index (χ3v) is 6.65. The minimum atomic E-state index is -1.12. The summed E-state index contributed by atoms with van der Waals surface area (Å²) in [5, 5.41) is 2.78. The Morgan fingerprint density at radius 3 is 2.03 bits per heavy atom. The van der Waals surface area contributed by atoms with Crippen molar-refractivity contribution in [1.29, 1.82) is 0 Å². The van der Waals surface area contributed by atoms with Crippen LogP contribution in [0.1, 0.15) is 80.4 Å². The van der Waals surface area contributed by atoms with Crippen LogP contribution < -0.4 is 5.32 Å². The quantitative estimate of drug-likeness (QED) is 0.407. The number of rotatable bonds is 9. The van der Waals surface area contributed by atoms with E-state index in [9.17, 15) is 24.0 Å². The molecular weight excluding hydrogens is 472 g/mol. The fraction of sp³-hybridized carbons (Fsp3) is 0.400. The van der Waals surface area contributed by atoms with Gasteiger partial charge in [-0.2, -0.15) is 0 Å². The smallest absolute Gasteiger partial charge is 0.348 e. The first kappa shape index (κ1) is 26.1. The first-order valence-electron chi connectivity index (χ1n) is 11.4. The average molecular weight is 501 g/mol. The number of nitrogens with zero attached hydrogens (tertiary/aromatic N) is 1. The van der Waals surface area contributed by atoms with Gasteiger partial charge in [0, 0.05) is 0 Å².